The molecule has 0 aliphatic rings. The van der Waals surface area contributed by atoms with Gasteiger partial charge in [-0.2, -0.15) is 0 Å². The summed E-state index contributed by atoms with van der Waals surface area (Å²) in [5.74, 6) is -0.194. The molecule has 0 saturated heterocycles. The summed E-state index contributed by atoms with van der Waals surface area (Å²) in [6.07, 6.45) is 0.183. The fraction of sp³-hybridized carbons (Fsp3) is 0.125. The van der Waals surface area contributed by atoms with Gasteiger partial charge in [0.25, 0.3) is 5.69 Å². The number of carbonyl (C=O) groups excluding carboxylic acids is 1. The maximum absolute atomic E-state index is 12.0. The first kappa shape index (κ1) is 15.9. The maximum Gasteiger partial charge on any atom is 0.292 e. The van der Waals surface area contributed by atoms with Gasteiger partial charge in [0.2, 0.25) is 5.91 Å². The van der Waals surface area contributed by atoms with Crippen molar-refractivity contribution >= 4 is 44.0 Å². The molecule has 0 fully saturated rings. The van der Waals surface area contributed by atoms with Crippen molar-refractivity contribution in [3.8, 4) is 0 Å². The van der Waals surface area contributed by atoms with Gasteiger partial charge in [-0.25, -0.2) is 4.98 Å². The van der Waals surface area contributed by atoms with Crippen LogP contribution in [0, 0.1) is 10.1 Å². The number of nitrogens with zero attached hydrogens (tertiary/aromatic N) is 2. The average Bonchev–Trinajstić information content (AvgIpc) is 2.97. The number of amides is 1. The highest BCUT2D eigenvalue weighted by Gasteiger charge is 2.12. The molecule has 0 saturated carbocycles. The molecule has 24 heavy (non-hydrogen) atoms. The van der Waals surface area contributed by atoms with Gasteiger partial charge in [0.05, 0.1) is 15.1 Å². The number of nitrogens with one attached hydrogen (secondary N) is 2. The minimum absolute atomic E-state index is 0.0101. The Hall–Kier alpha value is -3.00. The molecule has 0 bridgehead atoms. The lowest BCUT2D eigenvalue weighted by atomic mass is 10.2. The van der Waals surface area contributed by atoms with Crippen LogP contribution in [-0.2, 0) is 4.79 Å². The van der Waals surface area contributed by atoms with Crippen LogP contribution in [0.3, 0.4) is 0 Å². The van der Waals surface area contributed by atoms with E-state index < -0.39 is 4.92 Å². The largest absolute Gasteiger partial charge is 0.379 e. The lowest BCUT2D eigenvalue weighted by Gasteiger charge is -2.06. The summed E-state index contributed by atoms with van der Waals surface area (Å²) in [4.78, 5) is 26.8. The Morgan fingerprint density at radius 2 is 1.92 bits per heavy atom. The Morgan fingerprint density at radius 1 is 1.17 bits per heavy atom. The fourth-order valence-electron chi connectivity index (χ4n) is 2.20. The smallest absolute Gasteiger partial charge is 0.292 e. The second-order valence-electron chi connectivity index (χ2n) is 4.99. The van der Waals surface area contributed by atoms with Crippen molar-refractivity contribution in [1.29, 1.82) is 0 Å². The van der Waals surface area contributed by atoms with E-state index in [0.717, 1.165) is 10.2 Å². The molecular weight excluding hydrogens is 328 g/mol. The van der Waals surface area contributed by atoms with Crippen LogP contribution in [0.1, 0.15) is 6.42 Å². The van der Waals surface area contributed by atoms with Crippen LogP contribution >= 0.6 is 11.3 Å². The van der Waals surface area contributed by atoms with Crippen LogP contribution in [0.5, 0.6) is 0 Å². The van der Waals surface area contributed by atoms with E-state index in [2.05, 4.69) is 15.6 Å². The summed E-state index contributed by atoms with van der Waals surface area (Å²) < 4.78 is 1.01. The molecule has 1 amide bonds. The number of rotatable bonds is 6. The van der Waals surface area contributed by atoms with E-state index in [1.54, 1.807) is 18.2 Å². The minimum Gasteiger partial charge on any atom is -0.379 e. The highest BCUT2D eigenvalue weighted by Crippen LogP contribution is 2.25. The van der Waals surface area contributed by atoms with Gasteiger partial charge in [0, 0.05) is 19.0 Å². The number of para-hydroxylation sites is 3. The zero-order valence-electron chi connectivity index (χ0n) is 12.6. The molecule has 0 radical (unpaired) electrons. The molecule has 1 aromatic heterocycles. The molecule has 2 N–H and O–H groups in total. The second kappa shape index (κ2) is 7.05. The third kappa shape index (κ3) is 3.66. The standard InChI is InChI=1S/C16H14N4O3S/c21-15(19-16-18-12-6-2-4-8-14(12)24-16)9-10-17-11-5-1-3-7-13(11)20(22)23/h1-8,17H,9-10H2,(H,18,19,21). The summed E-state index contributed by atoms with van der Waals surface area (Å²) in [7, 11) is 0. The summed E-state index contributed by atoms with van der Waals surface area (Å²) in [6, 6.07) is 14.0. The Balaban J connectivity index is 1.55. The number of nitro benzene ring substituents is 1. The minimum atomic E-state index is -0.455. The molecule has 7 nitrogen and oxygen atoms in total. The predicted molar refractivity (Wildman–Crippen MR) is 94.5 cm³/mol. The zero-order chi connectivity index (χ0) is 16.9. The highest BCUT2D eigenvalue weighted by molar-refractivity contribution is 7.22. The second-order valence-corrected chi connectivity index (χ2v) is 6.02. The van der Waals surface area contributed by atoms with Crippen LogP contribution in [0.15, 0.2) is 48.5 Å². The first-order chi connectivity index (χ1) is 11.6. The quantitative estimate of drug-likeness (QED) is 0.526. The predicted octanol–water partition coefficient (Wildman–Crippen LogP) is 3.65. The van der Waals surface area contributed by atoms with Gasteiger partial charge in [0.1, 0.15) is 5.69 Å². The summed E-state index contributed by atoms with van der Waals surface area (Å²) in [5, 5.41) is 17.1. The van der Waals surface area contributed by atoms with Crippen molar-refractivity contribution in [2.75, 3.05) is 17.2 Å². The van der Waals surface area contributed by atoms with Gasteiger partial charge < -0.3 is 10.6 Å². The van der Waals surface area contributed by atoms with E-state index in [1.165, 1.54) is 17.4 Å². The average molecular weight is 342 g/mol. The van der Waals surface area contributed by atoms with Gasteiger partial charge in [-0.1, -0.05) is 35.6 Å². The number of benzene rings is 2. The molecule has 0 aliphatic heterocycles. The molecule has 0 spiro atoms. The van der Waals surface area contributed by atoms with Crippen LogP contribution in [0.2, 0.25) is 0 Å². The molecule has 8 heteroatoms. The van der Waals surface area contributed by atoms with Crippen molar-refractivity contribution in [2.45, 2.75) is 6.42 Å². The van der Waals surface area contributed by atoms with Gasteiger partial charge in [0.15, 0.2) is 5.13 Å². The Labute approximate surface area is 141 Å². The monoisotopic (exact) mass is 342 g/mol. The third-order valence-electron chi connectivity index (χ3n) is 3.31. The molecular formula is C16H14N4O3S. The molecule has 0 unspecified atom stereocenters. The number of thiazole rings is 1. The molecule has 3 aromatic rings. The topological polar surface area (TPSA) is 97.2 Å². The molecule has 0 aliphatic carbocycles. The van der Waals surface area contributed by atoms with Gasteiger partial charge in [-0.05, 0) is 18.2 Å². The SMILES string of the molecule is O=C(CCNc1ccccc1[N+](=O)[O-])Nc1nc2ccccc2s1. The number of fused-ring (bicyclic) bond motifs is 1. The van der Waals surface area contributed by atoms with Crippen molar-refractivity contribution < 1.29 is 9.72 Å². The van der Waals surface area contributed by atoms with Crippen molar-refractivity contribution in [3.63, 3.8) is 0 Å². The Bertz CT molecular complexity index is 861. The van der Waals surface area contributed by atoms with Gasteiger partial charge in [-0.15, -0.1) is 0 Å². The van der Waals surface area contributed by atoms with Crippen LogP contribution in [-0.4, -0.2) is 22.4 Å². The van der Waals surface area contributed by atoms with Gasteiger partial charge in [-0.3, -0.25) is 14.9 Å². The number of carbonyl (C=O) groups is 1. The molecule has 3 rings (SSSR count). The number of nitro groups is 1. The normalized spacial score (nSPS) is 10.5. The number of anilines is 2. The first-order valence-corrected chi connectivity index (χ1v) is 8.08. The zero-order valence-corrected chi connectivity index (χ0v) is 13.4. The number of hydrogen-bond acceptors (Lipinski definition) is 6. The van der Waals surface area contributed by atoms with Crippen molar-refractivity contribution in [1.82, 2.24) is 4.98 Å². The summed E-state index contributed by atoms with van der Waals surface area (Å²) in [6.45, 7) is 0.293. The van der Waals surface area contributed by atoms with E-state index in [1.807, 2.05) is 24.3 Å². The molecule has 2 aromatic carbocycles. The summed E-state index contributed by atoms with van der Waals surface area (Å²) in [5.41, 5.74) is 1.23. The van der Waals surface area contributed by atoms with Crippen molar-refractivity contribution in [2.24, 2.45) is 0 Å². The molecule has 122 valence electrons. The molecule has 1 heterocycles. The van der Waals surface area contributed by atoms with Crippen LogP contribution in [0.25, 0.3) is 10.2 Å². The number of hydrogen-bond donors (Lipinski definition) is 2. The third-order valence-corrected chi connectivity index (χ3v) is 4.26. The van der Waals surface area contributed by atoms with E-state index in [4.69, 9.17) is 0 Å². The van der Waals surface area contributed by atoms with E-state index in [-0.39, 0.29) is 18.0 Å². The highest BCUT2D eigenvalue weighted by atomic mass is 32.1. The number of aromatic nitrogens is 1. The van der Waals surface area contributed by atoms with E-state index in [9.17, 15) is 14.9 Å². The van der Waals surface area contributed by atoms with E-state index >= 15 is 0 Å². The lowest BCUT2D eigenvalue weighted by Crippen LogP contribution is -2.16. The first-order valence-electron chi connectivity index (χ1n) is 7.26. The van der Waals surface area contributed by atoms with Crippen LogP contribution in [0.4, 0.5) is 16.5 Å². The Morgan fingerprint density at radius 3 is 2.71 bits per heavy atom. The Kier molecular flexibility index (Phi) is 4.66. The van der Waals surface area contributed by atoms with Crippen LogP contribution < -0.4 is 10.6 Å². The molecule has 0 atom stereocenters. The van der Waals surface area contributed by atoms with Gasteiger partial charge >= 0.3 is 0 Å². The lowest BCUT2D eigenvalue weighted by molar-refractivity contribution is -0.384. The summed E-state index contributed by atoms with van der Waals surface area (Å²) >= 11 is 1.41. The van der Waals surface area contributed by atoms with Crippen molar-refractivity contribution in [3.05, 3.63) is 58.6 Å². The van der Waals surface area contributed by atoms with E-state index in [0.29, 0.717) is 17.4 Å². The fourth-order valence-corrected chi connectivity index (χ4v) is 3.08. The maximum atomic E-state index is 12.0.